The van der Waals surface area contributed by atoms with Crippen molar-refractivity contribution in [2.24, 2.45) is 5.14 Å². The minimum atomic E-state index is -3.80. The number of hydrogen-bond acceptors (Lipinski definition) is 4. The maximum atomic E-state index is 10.6. The van der Waals surface area contributed by atoms with Gasteiger partial charge in [0.15, 0.2) is 0 Å². The summed E-state index contributed by atoms with van der Waals surface area (Å²) in [5.74, 6) is 0. The van der Waals surface area contributed by atoms with E-state index in [1.54, 1.807) is 0 Å². The largest absolute Gasteiger partial charge is 0.371 e. The van der Waals surface area contributed by atoms with Crippen molar-refractivity contribution >= 4 is 16.0 Å². The molecule has 0 atom stereocenters. The summed E-state index contributed by atoms with van der Waals surface area (Å²) in [7, 11) is -3.80. The van der Waals surface area contributed by atoms with Crippen LogP contribution < -0.4 is 10.0 Å². The molecule has 1 aliphatic rings. The van der Waals surface area contributed by atoms with Gasteiger partial charge in [-0.05, 0) is 24.5 Å². The van der Waals surface area contributed by atoms with E-state index in [1.165, 1.54) is 11.3 Å². The molecule has 94 valence electrons. The first-order valence-electron chi connectivity index (χ1n) is 5.56. The van der Waals surface area contributed by atoms with Crippen LogP contribution in [0.5, 0.6) is 0 Å². The van der Waals surface area contributed by atoms with Gasteiger partial charge in [0.2, 0.25) is 0 Å². The molecule has 0 saturated carbocycles. The Morgan fingerprint density at radius 3 is 2.88 bits per heavy atom. The second kappa shape index (κ2) is 5.03. The molecule has 17 heavy (non-hydrogen) atoms. The summed E-state index contributed by atoms with van der Waals surface area (Å²) in [5.41, 5.74) is 2.59. The smallest absolute Gasteiger partial charge is 0.333 e. The van der Waals surface area contributed by atoms with Gasteiger partial charge >= 0.3 is 10.3 Å². The molecule has 6 heteroatoms. The lowest BCUT2D eigenvalue weighted by Gasteiger charge is -2.18. The third kappa shape index (κ3) is 3.42. The fourth-order valence-electron chi connectivity index (χ4n) is 2.07. The molecule has 0 unspecified atom stereocenters. The topological polar surface area (TPSA) is 72.6 Å². The van der Waals surface area contributed by atoms with Crippen molar-refractivity contribution < 1.29 is 12.6 Å². The highest BCUT2D eigenvalue weighted by molar-refractivity contribution is 7.84. The molecule has 0 spiro atoms. The van der Waals surface area contributed by atoms with Crippen LogP contribution in [0, 0.1) is 0 Å². The maximum absolute atomic E-state index is 10.6. The number of rotatable bonds is 5. The Kier molecular flexibility index (Phi) is 3.66. The molecule has 1 aromatic rings. The Balaban J connectivity index is 1.82. The molecule has 0 amide bonds. The number of para-hydroxylation sites is 1. The van der Waals surface area contributed by atoms with E-state index in [0.717, 1.165) is 19.5 Å². The summed E-state index contributed by atoms with van der Waals surface area (Å²) in [5, 5.41) is 4.74. The zero-order valence-electron chi connectivity index (χ0n) is 9.50. The monoisotopic (exact) mass is 256 g/mol. The normalized spacial score (nSPS) is 15.0. The van der Waals surface area contributed by atoms with Gasteiger partial charge in [0.1, 0.15) is 0 Å². The van der Waals surface area contributed by atoms with Crippen LogP contribution in [0.15, 0.2) is 24.3 Å². The Morgan fingerprint density at radius 1 is 1.35 bits per heavy atom. The first-order valence-corrected chi connectivity index (χ1v) is 7.03. The van der Waals surface area contributed by atoms with Crippen LogP contribution in [0.4, 0.5) is 5.69 Å². The van der Waals surface area contributed by atoms with E-state index in [9.17, 15) is 8.42 Å². The minimum Gasteiger partial charge on any atom is -0.371 e. The van der Waals surface area contributed by atoms with Crippen molar-refractivity contribution in [2.45, 2.75) is 12.8 Å². The number of anilines is 1. The third-order valence-corrected chi connectivity index (χ3v) is 3.30. The molecule has 2 rings (SSSR count). The summed E-state index contributed by atoms with van der Waals surface area (Å²) >= 11 is 0. The van der Waals surface area contributed by atoms with Gasteiger partial charge in [-0.25, -0.2) is 5.14 Å². The second-order valence-corrected chi connectivity index (χ2v) is 5.26. The summed E-state index contributed by atoms with van der Waals surface area (Å²) in [6, 6.07) is 8.25. The van der Waals surface area contributed by atoms with Gasteiger partial charge in [0, 0.05) is 18.8 Å². The Labute approximate surface area is 101 Å². The first-order chi connectivity index (χ1) is 8.06. The molecule has 0 aliphatic carbocycles. The van der Waals surface area contributed by atoms with E-state index in [-0.39, 0.29) is 6.61 Å². The number of nitrogens with zero attached hydrogens (tertiary/aromatic N) is 1. The molecule has 1 heterocycles. The van der Waals surface area contributed by atoms with Crippen molar-refractivity contribution in [1.29, 1.82) is 0 Å². The van der Waals surface area contributed by atoms with Gasteiger partial charge < -0.3 is 4.90 Å². The highest BCUT2D eigenvalue weighted by Crippen LogP contribution is 2.27. The number of hydrogen-bond donors (Lipinski definition) is 1. The van der Waals surface area contributed by atoms with Crippen molar-refractivity contribution in [3.05, 3.63) is 29.8 Å². The zero-order valence-corrected chi connectivity index (χ0v) is 10.3. The minimum absolute atomic E-state index is 0.136. The third-order valence-electron chi connectivity index (χ3n) is 2.80. The van der Waals surface area contributed by atoms with Crippen LogP contribution in [0.1, 0.15) is 12.0 Å². The highest BCUT2D eigenvalue weighted by Gasteiger charge is 2.17. The van der Waals surface area contributed by atoms with E-state index in [1.807, 2.05) is 12.1 Å². The Hall–Kier alpha value is -1.11. The predicted octanol–water partition coefficient (Wildman–Crippen LogP) is 0.659. The van der Waals surface area contributed by atoms with Crippen LogP contribution in [-0.4, -0.2) is 28.1 Å². The molecule has 1 aromatic carbocycles. The Bertz CT molecular complexity index is 487. The predicted molar refractivity (Wildman–Crippen MR) is 66.0 cm³/mol. The standard InChI is InChI=1S/C11H16N2O3S/c12-17(14,15)16-9-3-7-13-8-6-10-4-1-2-5-11(10)13/h1-2,4-5H,3,6-9H2,(H2,12,14,15). The lowest BCUT2D eigenvalue weighted by molar-refractivity contribution is 0.314. The van der Waals surface area contributed by atoms with Crippen molar-refractivity contribution in [3.63, 3.8) is 0 Å². The molecular weight excluding hydrogens is 240 g/mol. The molecule has 5 nitrogen and oxygen atoms in total. The maximum Gasteiger partial charge on any atom is 0.333 e. The van der Waals surface area contributed by atoms with Crippen molar-refractivity contribution in [1.82, 2.24) is 0 Å². The fraction of sp³-hybridized carbons (Fsp3) is 0.455. The lowest BCUT2D eigenvalue weighted by Crippen LogP contribution is -2.24. The van der Waals surface area contributed by atoms with Crippen LogP contribution in [0.3, 0.4) is 0 Å². The molecule has 0 aromatic heterocycles. The zero-order chi connectivity index (χ0) is 12.3. The van der Waals surface area contributed by atoms with E-state index in [4.69, 9.17) is 5.14 Å². The molecule has 0 bridgehead atoms. The van der Waals surface area contributed by atoms with Gasteiger partial charge in [0.05, 0.1) is 6.61 Å². The van der Waals surface area contributed by atoms with E-state index in [2.05, 4.69) is 21.2 Å². The van der Waals surface area contributed by atoms with Crippen LogP contribution >= 0.6 is 0 Å². The van der Waals surface area contributed by atoms with Crippen LogP contribution in [-0.2, 0) is 20.9 Å². The fourth-order valence-corrected chi connectivity index (χ4v) is 2.42. The van der Waals surface area contributed by atoms with Crippen LogP contribution in [0.2, 0.25) is 0 Å². The molecular formula is C11H16N2O3S. The molecule has 0 radical (unpaired) electrons. The van der Waals surface area contributed by atoms with Crippen molar-refractivity contribution in [2.75, 3.05) is 24.6 Å². The molecule has 0 saturated heterocycles. The lowest BCUT2D eigenvalue weighted by atomic mass is 10.2. The number of nitrogens with two attached hydrogens (primary N) is 1. The average molecular weight is 256 g/mol. The number of benzene rings is 1. The average Bonchev–Trinajstić information content (AvgIpc) is 2.67. The number of fused-ring (bicyclic) bond motifs is 1. The van der Waals surface area contributed by atoms with Gasteiger partial charge in [-0.3, -0.25) is 4.18 Å². The van der Waals surface area contributed by atoms with Crippen molar-refractivity contribution in [3.8, 4) is 0 Å². The van der Waals surface area contributed by atoms with Gasteiger partial charge in [-0.2, -0.15) is 8.42 Å². The van der Waals surface area contributed by atoms with Gasteiger partial charge in [-0.1, -0.05) is 18.2 Å². The van der Waals surface area contributed by atoms with E-state index >= 15 is 0 Å². The Morgan fingerprint density at radius 2 is 2.12 bits per heavy atom. The summed E-state index contributed by atoms with van der Waals surface area (Å²) in [6.07, 6.45) is 1.69. The molecule has 2 N–H and O–H groups in total. The summed E-state index contributed by atoms with van der Waals surface area (Å²) in [6.45, 7) is 1.90. The summed E-state index contributed by atoms with van der Waals surface area (Å²) in [4.78, 5) is 2.24. The SMILES string of the molecule is NS(=O)(=O)OCCCN1CCc2ccccc21. The van der Waals surface area contributed by atoms with E-state index < -0.39 is 10.3 Å². The molecule has 1 aliphatic heterocycles. The summed E-state index contributed by atoms with van der Waals surface area (Å²) < 4.78 is 25.6. The van der Waals surface area contributed by atoms with Gasteiger partial charge in [-0.15, -0.1) is 0 Å². The van der Waals surface area contributed by atoms with Gasteiger partial charge in [0.25, 0.3) is 0 Å². The second-order valence-electron chi connectivity index (χ2n) is 4.03. The molecule has 0 fully saturated rings. The quantitative estimate of drug-likeness (QED) is 0.785. The first kappa shape index (κ1) is 12.3. The highest BCUT2D eigenvalue weighted by atomic mass is 32.2. The van der Waals surface area contributed by atoms with E-state index in [0.29, 0.717) is 6.42 Å². The van der Waals surface area contributed by atoms with Crippen LogP contribution in [0.25, 0.3) is 0 Å².